The number of amides is 3. The molecule has 1 aliphatic rings. The summed E-state index contributed by atoms with van der Waals surface area (Å²) in [6.45, 7) is 5.90. The highest BCUT2D eigenvalue weighted by Gasteiger charge is 2.23. The quantitative estimate of drug-likeness (QED) is 0.614. The van der Waals surface area contributed by atoms with E-state index in [1.165, 1.54) is 0 Å². The fraction of sp³-hybridized carbons (Fsp3) is 0.333. The fourth-order valence-corrected chi connectivity index (χ4v) is 3.09. The number of nitrogens with zero attached hydrogens (tertiary/aromatic N) is 3. The lowest BCUT2D eigenvalue weighted by molar-refractivity contribution is 0.102. The van der Waals surface area contributed by atoms with Gasteiger partial charge in [0.05, 0.1) is 17.5 Å². The normalized spacial score (nSPS) is 13.5. The highest BCUT2D eigenvalue weighted by Crippen LogP contribution is 2.21. The third-order valence-corrected chi connectivity index (χ3v) is 4.81. The highest BCUT2D eigenvalue weighted by molar-refractivity contribution is 6.06. The van der Waals surface area contributed by atoms with Gasteiger partial charge >= 0.3 is 6.03 Å². The van der Waals surface area contributed by atoms with E-state index in [0.717, 1.165) is 23.9 Å². The summed E-state index contributed by atoms with van der Waals surface area (Å²) in [5.41, 5.74) is 3.23. The Hall–Kier alpha value is -3.42. The first-order valence-electron chi connectivity index (χ1n) is 9.74. The van der Waals surface area contributed by atoms with E-state index in [1.807, 2.05) is 31.5 Å². The molecule has 0 spiro atoms. The second kappa shape index (κ2) is 7.54. The Labute approximate surface area is 168 Å². The van der Waals surface area contributed by atoms with Crippen LogP contribution < -0.4 is 16.0 Å². The molecule has 3 amide bonds. The number of aromatic nitrogens is 3. The van der Waals surface area contributed by atoms with Gasteiger partial charge in [0.1, 0.15) is 0 Å². The second-order valence-electron chi connectivity index (χ2n) is 7.62. The molecule has 8 nitrogen and oxygen atoms in total. The van der Waals surface area contributed by atoms with Gasteiger partial charge in [-0.05, 0) is 63.9 Å². The summed E-state index contributed by atoms with van der Waals surface area (Å²) >= 11 is 0. The molecule has 3 N–H and O–H groups in total. The van der Waals surface area contributed by atoms with E-state index in [2.05, 4.69) is 26.0 Å². The number of carbonyl (C=O) groups excluding carboxylic acids is 2. The van der Waals surface area contributed by atoms with Crippen molar-refractivity contribution in [2.45, 2.75) is 45.7 Å². The molecule has 1 aliphatic carbocycles. The zero-order chi connectivity index (χ0) is 20.5. The van der Waals surface area contributed by atoms with Crippen LogP contribution in [0.15, 0.2) is 36.5 Å². The minimum absolute atomic E-state index is 0.192. The average molecular weight is 392 g/mol. The van der Waals surface area contributed by atoms with Crippen LogP contribution in [0.4, 0.5) is 16.2 Å². The Morgan fingerprint density at radius 2 is 1.76 bits per heavy atom. The van der Waals surface area contributed by atoms with Crippen molar-refractivity contribution < 1.29 is 9.59 Å². The van der Waals surface area contributed by atoms with Crippen molar-refractivity contribution in [3.8, 4) is 0 Å². The Kier molecular flexibility index (Phi) is 4.92. The standard InChI is InChI=1S/C21H24N6O2/c1-12(2)27-19-14(11-22-27)10-18(13(3)23-19)20(28)24-15-4-6-16(7-5-15)25-21(29)26-17-8-9-17/h4-7,10-12,17H,8-9H2,1-3H3,(H,24,28)(H2,25,26,29). The molecule has 150 valence electrons. The molecular weight excluding hydrogens is 368 g/mol. The van der Waals surface area contributed by atoms with Gasteiger partial charge in [-0.15, -0.1) is 0 Å². The van der Waals surface area contributed by atoms with E-state index in [-0.39, 0.29) is 18.0 Å². The molecule has 0 bridgehead atoms. The minimum atomic E-state index is -0.235. The van der Waals surface area contributed by atoms with E-state index in [4.69, 9.17) is 0 Å². The van der Waals surface area contributed by atoms with Crippen molar-refractivity contribution in [3.63, 3.8) is 0 Å². The van der Waals surface area contributed by atoms with Crippen molar-refractivity contribution >= 4 is 34.3 Å². The maximum Gasteiger partial charge on any atom is 0.319 e. The third-order valence-electron chi connectivity index (χ3n) is 4.81. The van der Waals surface area contributed by atoms with E-state index in [0.29, 0.717) is 28.7 Å². The highest BCUT2D eigenvalue weighted by atomic mass is 16.2. The van der Waals surface area contributed by atoms with Crippen LogP contribution in [0.3, 0.4) is 0 Å². The van der Waals surface area contributed by atoms with Gasteiger partial charge in [-0.2, -0.15) is 5.10 Å². The Balaban J connectivity index is 1.46. The number of pyridine rings is 1. The van der Waals surface area contributed by atoms with Crippen molar-refractivity contribution in [2.24, 2.45) is 0 Å². The molecule has 1 fully saturated rings. The Morgan fingerprint density at radius 3 is 2.38 bits per heavy atom. The van der Waals surface area contributed by atoms with Crippen LogP contribution in [0.25, 0.3) is 11.0 Å². The molecule has 4 rings (SSSR count). The SMILES string of the molecule is Cc1nc2c(cnn2C(C)C)cc1C(=O)Nc1ccc(NC(=O)NC2CC2)cc1. The summed E-state index contributed by atoms with van der Waals surface area (Å²) in [5, 5.41) is 13.7. The minimum Gasteiger partial charge on any atom is -0.335 e. The molecule has 2 heterocycles. The van der Waals surface area contributed by atoms with Crippen molar-refractivity contribution in [1.29, 1.82) is 0 Å². The summed E-state index contributed by atoms with van der Waals surface area (Å²) in [5.74, 6) is -0.235. The first kappa shape index (κ1) is 18.9. The zero-order valence-electron chi connectivity index (χ0n) is 16.7. The summed E-state index contributed by atoms with van der Waals surface area (Å²) in [6.07, 6.45) is 3.80. The van der Waals surface area contributed by atoms with Crippen molar-refractivity contribution in [1.82, 2.24) is 20.1 Å². The van der Waals surface area contributed by atoms with Crippen LogP contribution in [-0.2, 0) is 0 Å². The Morgan fingerprint density at radius 1 is 1.10 bits per heavy atom. The van der Waals surface area contributed by atoms with E-state index >= 15 is 0 Å². The monoisotopic (exact) mass is 392 g/mol. The lowest BCUT2D eigenvalue weighted by Crippen LogP contribution is -2.30. The van der Waals surface area contributed by atoms with Crippen LogP contribution in [0, 0.1) is 6.92 Å². The van der Waals surface area contributed by atoms with Gasteiger partial charge < -0.3 is 16.0 Å². The maximum atomic E-state index is 12.8. The predicted molar refractivity (Wildman–Crippen MR) is 112 cm³/mol. The topological polar surface area (TPSA) is 101 Å². The summed E-state index contributed by atoms with van der Waals surface area (Å²) in [7, 11) is 0. The Bertz CT molecular complexity index is 1070. The number of nitrogens with one attached hydrogen (secondary N) is 3. The van der Waals surface area contributed by atoms with Gasteiger partial charge in [-0.1, -0.05) is 0 Å². The molecule has 8 heteroatoms. The molecular formula is C21H24N6O2. The molecule has 0 unspecified atom stereocenters. The zero-order valence-corrected chi connectivity index (χ0v) is 16.7. The van der Waals surface area contributed by atoms with Gasteiger partial charge in [-0.3, -0.25) is 4.79 Å². The second-order valence-corrected chi connectivity index (χ2v) is 7.62. The van der Waals surface area contributed by atoms with Gasteiger partial charge in [0.15, 0.2) is 5.65 Å². The van der Waals surface area contributed by atoms with Gasteiger partial charge in [0, 0.05) is 28.8 Å². The van der Waals surface area contributed by atoms with Crippen LogP contribution in [0.1, 0.15) is 48.8 Å². The molecule has 29 heavy (non-hydrogen) atoms. The largest absolute Gasteiger partial charge is 0.335 e. The number of hydrogen-bond donors (Lipinski definition) is 3. The third kappa shape index (κ3) is 4.21. The number of urea groups is 1. The van der Waals surface area contributed by atoms with Crippen molar-refractivity contribution in [3.05, 3.63) is 47.8 Å². The van der Waals surface area contributed by atoms with Crippen LogP contribution in [0.5, 0.6) is 0 Å². The molecule has 0 radical (unpaired) electrons. The smallest absolute Gasteiger partial charge is 0.319 e. The maximum absolute atomic E-state index is 12.8. The summed E-state index contributed by atoms with van der Waals surface area (Å²) in [4.78, 5) is 29.1. The molecule has 1 aromatic carbocycles. The number of rotatable bonds is 5. The van der Waals surface area contributed by atoms with Gasteiger partial charge in [0.25, 0.3) is 5.91 Å². The first-order chi connectivity index (χ1) is 13.9. The number of hydrogen-bond acceptors (Lipinski definition) is 4. The molecule has 2 aromatic heterocycles. The lowest BCUT2D eigenvalue weighted by atomic mass is 10.1. The predicted octanol–water partition coefficient (Wildman–Crippen LogP) is 3.86. The van der Waals surface area contributed by atoms with Crippen LogP contribution in [0.2, 0.25) is 0 Å². The van der Waals surface area contributed by atoms with E-state index in [9.17, 15) is 9.59 Å². The first-order valence-corrected chi connectivity index (χ1v) is 9.74. The number of carbonyl (C=O) groups is 2. The number of anilines is 2. The van der Waals surface area contributed by atoms with Crippen LogP contribution >= 0.6 is 0 Å². The molecule has 0 aliphatic heterocycles. The number of aryl methyl sites for hydroxylation is 1. The number of benzene rings is 1. The van der Waals surface area contributed by atoms with E-state index in [1.54, 1.807) is 30.5 Å². The van der Waals surface area contributed by atoms with Crippen molar-refractivity contribution in [2.75, 3.05) is 10.6 Å². The lowest BCUT2D eigenvalue weighted by Gasteiger charge is -2.11. The van der Waals surface area contributed by atoms with E-state index < -0.39 is 0 Å². The average Bonchev–Trinajstić information content (AvgIpc) is 3.38. The summed E-state index contributed by atoms with van der Waals surface area (Å²) in [6, 6.07) is 9.11. The molecule has 0 saturated heterocycles. The number of fused-ring (bicyclic) bond motifs is 1. The van der Waals surface area contributed by atoms with Crippen LogP contribution in [-0.4, -0.2) is 32.7 Å². The fourth-order valence-electron chi connectivity index (χ4n) is 3.09. The summed E-state index contributed by atoms with van der Waals surface area (Å²) < 4.78 is 1.84. The van der Waals surface area contributed by atoms with Gasteiger partial charge in [-0.25, -0.2) is 14.5 Å². The molecule has 0 atom stereocenters. The van der Waals surface area contributed by atoms with Gasteiger partial charge in [0.2, 0.25) is 0 Å². The molecule has 3 aromatic rings. The molecule has 1 saturated carbocycles.